The standard InChI is InChI=1S/C27H35N5S2/c1-5-22-29-24(23-20-12-11-18(27(2,3)4)17-21(20)34-25(23)30-22)31-13-15-32(16-14-31)26(33)28-19-9-7-6-8-10-19/h6-10,18H,5,11-17H2,1-4H3,(H,28,33). The molecule has 0 amide bonds. The lowest BCUT2D eigenvalue weighted by molar-refractivity contribution is 0.218. The summed E-state index contributed by atoms with van der Waals surface area (Å²) in [5, 5.41) is 5.50. The van der Waals surface area contributed by atoms with E-state index in [4.69, 9.17) is 22.2 Å². The molecule has 3 aromatic rings. The number of thiophene rings is 1. The lowest BCUT2D eigenvalue weighted by Gasteiger charge is -2.37. The number of rotatable bonds is 3. The minimum absolute atomic E-state index is 0.347. The highest BCUT2D eigenvalue weighted by Crippen LogP contribution is 2.45. The molecule has 0 saturated carbocycles. The molecule has 1 aliphatic carbocycles. The van der Waals surface area contributed by atoms with E-state index in [0.717, 1.165) is 67.4 Å². The molecular weight excluding hydrogens is 458 g/mol. The molecule has 0 spiro atoms. The molecule has 2 aliphatic rings. The van der Waals surface area contributed by atoms with E-state index < -0.39 is 0 Å². The average molecular weight is 494 g/mol. The smallest absolute Gasteiger partial charge is 0.173 e. The van der Waals surface area contributed by atoms with Gasteiger partial charge in [0.25, 0.3) is 0 Å². The highest BCUT2D eigenvalue weighted by atomic mass is 32.1. The van der Waals surface area contributed by atoms with E-state index in [-0.39, 0.29) is 0 Å². The van der Waals surface area contributed by atoms with Crippen molar-refractivity contribution in [1.82, 2.24) is 14.9 Å². The molecule has 1 saturated heterocycles. The monoisotopic (exact) mass is 493 g/mol. The number of aryl methyl sites for hydroxylation is 2. The molecule has 5 rings (SSSR count). The second-order valence-electron chi connectivity index (χ2n) is 10.6. The van der Waals surface area contributed by atoms with Gasteiger partial charge < -0.3 is 15.1 Å². The second-order valence-corrected chi connectivity index (χ2v) is 12.0. The topological polar surface area (TPSA) is 44.3 Å². The SMILES string of the molecule is CCc1nc(N2CCN(C(=S)Nc3ccccc3)CC2)c2c3c(sc2n1)CC(C(C)(C)C)CC3. The lowest BCUT2D eigenvalue weighted by Crippen LogP contribution is -2.50. The van der Waals surface area contributed by atoms with E-state index in [2.05, 4.69) is 54.9 Å². The summed E-state index contributed by atoms with van der Waals surface area (Å²) in [6.45, 7) is 12.9. The number of thiocarbonyl (C=S) groups is 1. The molecule has 1 atom stereocenters. The Morgan fingerprint density at radius 3 is 2.53 bits per heavy atom. The molecule has 1 fully saturated rings. The van der Waals surface area contributed by atoms with Gasteiger partial charge >= 0.3 is 0 Å². The largest absolute Gasteiger partial charge is 0.352 e. The zero-order chi connectivity index (χ0) is 23.9. The minimum atomic E-state index is 0.347. The zero-order valence-corrected chi connectivity index (χ0v) is 22.4. The molecule has 2 aromatic heterocycles. The van der Waals surface area contributed by atoms with Crippen LogP contribution in [-0.2, 0) is 19.3 Å². The number of aromatic nitrogens is 2. The van der Waals surface area contributed by atoms with Crippen molar-refractivity contribution >= 4 is 50.4 Å². The van der Waals surface area contributed by atoms with Gasteiger partial charge in [-0.05, 0) is 60.5 Å². The fourth-order valence-corrected chi connectivity index (χ4v) is 6.79. The van der Waals surface area contributed by atoms with Gasteiger partial charge in [0.1, 0.15) is 16.5 Å². The summed E-state index contributed by atoms with van der Waals surface area (Å²) < 4.78 is 0. The third-order valence-corrected chi connectivity index (χ3v) is 8.88. The van der Waals surface area contributed by atoms with Crippen LogP contribution in [0.1, 0.15) is 50.4 Å². The Hall–Kier alpha value is -2.25. The van der Waals surface area contributed by atoms with Gasteiger partial charge in [-0.2, -0.15) is 0 Å². The van der Waals surface area contributed by atoms with Crippen molar-refractivity contribution in [1.29, 1.82) is 0 Å². The van der Waals surface area contributed by atoms with Gasteiger partial charge in [0.2, 0.25) is 0 Å². The summed E-state index contributed by atoms with van der Waals surface area (Å²) in [5.41, 5.74) is 2.90. The molecule has 34 heavy (non-hydrogen) atoms. The normalized spacial score (nSPS) is 18.8. The molecule has 1 unspecified atom stereocenters. The molecule has 1 aromatic carbocycles. The Kier molecular flexibility index (Phi) is 6.51. The number of para-hydroxylation sites is 1. The molecule has 1 N–H and O–H groups in total. The molecule has 7 heteroatoms. The first-order valence-electron chi connectivity index (χ1n) is 12.5. The first-order valence-corrected chi connectivity index (χ1v) is 13.7. The van der Waals surface area contributed by atoms with E-state index >= 15 is 0 Å². The number of hydrogen-bond donors (Lipinski definition) is 1. The van der Waals surface area contributed by atoms with E-state index in [1.54, 1.807) is 0 Å². The number of benzene rings is 1. The fourth-order valence-electron chi connectivity index (χ4n) is 5.17. The quantitative estimate of drug-likeness (QED) is 0.457. The highest BCUT2D eigenvalue weighted by molar-refractivity contribution is 7.80. The number of nitrogens with zero attached hydrogens (tertiary/aromatic N) is 4. The Balaban J connectivity index is 1.38. The van der Waals surface area contributed by atoms with Gasteiger partial charge in [0.05, 0.1) is 5.39 Å². The Morgan fingerprint density at radius 1 is 1.12 bits per heavy atom. The lowest BCUT2D eigenvalue weighted by atomic mass is 9.72. The Bertz CT molecular complexity index is 1170. The van der Waals surface area contributed by atoms with Crippen molar-refractivity contribution in [2.75, 3.05) is 36.4 Å². The van der Waals surface area contributed by atoms with Gasteiger partial charge in [0.15, 0.2) is 5.11 Å². The van der Waals surface area contributed by atoms with Crippen molar-refractivity contribution in [2.45, 2.75) is 53.4 Å². The number of fused-ring (bicyclic) bond motifs is 3. The highest BCUT2D eigenvalue weighted by Gasteiger charge is 2.33. The van der Waals surface area contributed by atoms with E-state index in [9.17, 15) is 0 Å². The van der Waals surface area contributed by atoms with Crippen LogP contribution in [0.3, 0.4) is 0 Å². The van der Waals surface area contributed by atoms with E-state index in [1.807, 2.05) is 29.5 Å². The minimum Gasteiger partial charge on any atom is -0.352 e. The van der Waals surface area contributed by atoms with Gasteiger partial charge in [-0.25, -0.2) is 9.97 Å². The molecule has 0 bridgehead atoms. The summed E-state index contributed by atoms with van der Waals surface area (Å²) in [6, 6.07) is 10.2. The van der Waals surface area contributed by atoms with Crippen LogP contribution in [0.2, 0.25) is 0 Å². The number of hydrogen-bond acceptors (Lipinski definition) is 5. The van der Waals surface area contributed by atoms with Crippen LogP contribution in [0.15, 0.2) is 30.3 Å². The maximum atomic E-state index is 5.71. The van der Waals surface area contributed by atoms with Crippen molar-refractivity contribution < 1.29 is 0 Å². The molecule has 1 aliphatic heterocycles. The maximum Gasteiger partial charge on any atom is 0.173 e. The van der Waals surface area contributed by atoms with Crippen molar-refractivity contribution in [2.24, 2.45) is 11.3 Å². The van der Waals surface area contributed by atoms with E-state index in [1.165, 1.54) is 33.5 Å². The number of piperazine rings is 1. The van der Waals surface area contributed by atoms with Crippen LogP contribution in [0, 0.1) is 11.3 Å². The Labute approximate surface area is 212 Å². The van der Waals surface area contributed by atoms with Crippen molar-refractivity contribution in [3.63, 3.8) is 0 Å². The average Bonchev–Trinajstić information content (AvgIpc) is 3.21. The fraction of sp³-hybridized carbons (Fsp3) is 0.519. The van der Waals surface area contributed by atoms with Crippen molar-refractivity contribution in [3.05, 3.63) is 46.6 Å². The molecule has 3 heterocycles. The summed E-state index contributed by atoms with van der Waals surface area (Å²) in [5.74, 6) is 2.84. The van der Waals surface area contributed by atoms with Gasteiger partial charge in [-0.3, -0.25) is 0 Å². The van der Waals surface area contributed by atoms with Crippen LogP contribution in [0.25, 0.3) is 10.2 Å². The number of nitrogens with one attached hydrogen (secondary N) is 1. The summed E-state index contributed by atoms with van der Waals surface area (Å²) in [6.07, 6.45) is 4.43. The molecular formula is C27H35N5S2. The van der Waals surface area contributed by atoms with E-state index in [0.29, 0.717) is 5.41 Å². The Morgan fingerprint density at radius 2 is 1.85 bits per heavy atom. The van der Waals surface area contributed by atoms with Crippen molar-refractivity contribution in [3.8, 4) is 0 Å². The van der Waals surface area contributed by atoms with Crippen LogP contribution >= 0.6 is 23.6 Å². The van der Waals surface area contributed by atoms with Crippen LogP contribution in [-0.4, -0.2) is 46.2 Å². The van der Waals surface area contributed by atoms with Crippen LogP contribution < -0.4 is 10.2 Å². The third kappa shape index (κ3) is 4.65. The van der Waals surface area contributed by atoms with Gasteiger partial charge in [-0.1, -0.05) is 45.9 Å². The summed E-state index contributed by atoms with van der Waals surface area (Å²) >= 11 is 7.62. The zero-order valence-electron chi connectivity index (χ0n) is 20.7. The molecule has 0 radical (unpaired) electrons. The molecule has 180 valence electrons. The van der Waals surface area contributed by atoms with Gasteiger partial charge in [-0.15, -0.1) is 11.3 Å². The summed E-state index contributed by atoms with van der Waals surface area (Å²) in [7, 11) is 0. The summed E-state index contributed by atoms with van der Waals surface area (Å²) in [4.78, 5) is 17.5. The third-order valence-electron chi connectivity index (χ3n) is 7.37. The second kappa shape index (κ2) is 9.42. The first kappa shape index (κ1) is 23.5. The predicted molar refractivity (Wildman–Crippen MR) is 148 cm³/mol. The molecule has 5 nitrogen and oxygen atoms in total. The van der Waals surface area contributed by atoms with Crippen LogP contribution in [0.4, 0.5) is 11.5 Å². The number of anilines is 2. The first-order chi connectivity index (χ1) is 16.3. The van der Waals surface area contributed by atoms with Crippen LogP contribution in [0.5, 0.6) is 0 Å². The predicted octanol–water partition coefficient (Wildman–Crippen LogP) is 5.92. The maximum absolute atomic E-state index is 5.71. The van der Waals surface area contributed by atoms with Gasteiger partial charge in [0, 0.05) is 43.2 Å².